The quantitative estimate of drug-likeness (QED) is 0.608. The Morgan fingerprint density at radius 2 is 2.07 bits per heavy atom. The Labute approximate surface area is 86.6 Å². The number of nitrogen functional groups attached to an aromatic ring is 1. The Kier molecular flexibility index (Phi) is 2.07. The number of rotatable bonds is 0. The van der Waals surface area contributed by atoms with Crippen molar-refractivity contribution < 1.29 is 9.59 Å². The van der Waals surface area contributed by atoms with E-state index in [4.69, 9.17) is 11.5 Å². The van der Waals surface area contributed by atoms with Crippen LogP contribution in [0.1, 0.15) is 12.0 Å². The smallest absolute Gasteiger partial charge is 0.326 e. The summed E-state index contributed by atoms with van der Waals surface area (Å²) in [5.74, 6) is -0.264. The summed E-state index contributed by atoms with van der Waals surface area (Å²) in [4.78, 5) is 23.6. The van der Waals surface area contributed by atoms with Gasteiger partial charge in [-0.3, -0.25) is 4.79 Å². The van der Waals surface area contributed by atoms with Gasteiger partial charge < -0.3 is 11.5 Å². The first-order valence-electron chi connectivity index (χ1n) is 4.60. The van der Waals surface area contributed by atoms with Crippen LogP contribution in [0.2, 0.25) is 0 Å². The Morgan fingerprint density at radius 1 is 1.33 bits per heavy atom. The van der Waals surface area contributed by atoms with E-state index in [9.17, 15) is 9.59 Å². The van der Waals surface area contributed by atoms with E-state index in [1.54, 1.807) is 18.2 Å². The van der Waals surface area contributed by atoms with E-state index in [0.29, 0.717) is 24.2 Å². The minimum absolute atomic E-state index is 0.264. The van der Waals surface area contributed by atoms with Crippen molar-refractivity contribution in [1.29, 1.82) is 0 Å². The van der Waals surface area contributed by atoms with Crippen LogP contribution in [-0.2, 0) is 11.2 Å². The average Bonchev–Trinajstić information content (AvgIpc) is 2.17. The molecule has 2 rings (SSSR count). The number of fused-ring (bicyclic) bond motifs is 1. The molecular formula is C10H11N3O2. The normalized spacial score (nSPS) is 14.9. The predicted molar refractivity (Wildman–Crippen MR) is 56.2 cm³/mol. The van der Waals surface area contributed by atoms with Gasteiger partial charge in [0.15, 0.2) is 0 Å². The Balaban J connectivity index is 2.53. The van der Waals surface area contributed by atoms with Crippen molar-refractivity contribution in [1.82, 2.24) is 0 Å². The van der Waals surface area contributed by atoms with E-state index >= 15 is 0 Å². The number of primary amides is 1. The molecule has 0 saturated heterocycles. The van der Waals surface area contributed by atoms with Gasteiger partial charge >= 0.3 is 6.03 Å². The van der Waals surface area contributed by atoms with E-state index in [1.165, 1.54) is 0 Å². The molecule has 4 N–H and O–H groups in total. The molecule has 0 aromatic heterocycles. The molecule has 1 aliphatic rings. The largest absolute Gasteiger partial charge is 0.399 e. The van der Waals surface area contributed by atoms with Crippen LogP contribution in [0.3, 0.4) is 0 Å². The third kappa shape index (κ3) is 1.52. The molecule has 1 heterocycles. The van der Waals surface area contributed by atoms with Crippen LogP contribution in [-0.4, -0.2) is 11.9 Å². The topological polar surface area (TPSA) is 89.4 Å². The van der Waals surface area contributed by atoms with Crippen LogP contribution in [0.4, 0.5) is 16.2 Å². The highest BCUT2D eigenvalue weighted by Gasteiger charge is 2.27. The molecule has 5 nitrogen and oxygen atoms in total. The van der Waals surface area contributed by atoms with Crippen molar-refractivity contribution in [2.45, 2.75) is 12.8 Å². The summed E-state index contributed by atoms with van der Waals surface area (Å²) in [7, 11) is 0. The van der Waals surface area contributed by atoms with E-state index < -0.39 is 6.03 Å². The lowest BCUT2D eigenvalue weighted by Gasteiger charge is -2.26. The highest BCUT2D eigenvalue weighted by Crippen LogP contribution is 2.29. The molecule has 78 valence electrons. The molecule has 1 aromatic rings. The molecule has 1 aliphatic heterocycles. The summed E-state index contributed by atoms with van der Waals surface area (Å²) in [5.41, 5.74) is 12.8. The van der Waals surface area contributed by atoms with Crippen LogP contribution in [0, 0.1) is 0 Å². The fraction of sp³-hybridized carbons (Fsp3) is 0.200. The first-order chi connectivity index (χ1) is 7.09. The van der Waals surface area contributed by atoms with E-state index in [0.717, 1.165) is 10.5 Å². The Hall–Kier alpha value is -2.04. The van der Waals surface area contributed by atoms with Gasteiger partial charge in [0.1, 0.15) is 0 Å². The van der Waals surface area contributed by atoms with Gasteiger partial charge in [-0.05, 0) is 30.2 Å². The molecular weight excluding hydrogens is 194 g/mol. The monoisotopic (exact) mass is 205 g/mol. The molecule has 5 heteroatoms. The first kappa shape index (κ1) is 9.51. The van der Waals surface area contributed by atoms with E-state index in [2.05, 4.69) is 0 Å². The summed E-state index contributed by atoms with van der Waals surface area (Å²) < 4.78 is 0. The van der Waals surface area contributed by atoms with Crippen molar-refractivity contribution in [3.63, 3.8) is 0 Å². The lowest BCUT2D eigenvalue weighted by atomic mass is 10.0. The average molecular weight is 205 g/mol. The Bertz CT molecular complexity index is 442. The zero-order valence-corrected chi connectivity index (χ0v) is 8.06. The number of carbonyl (C=O) groups excluding carboxylic acids is 2. The number of urea groups is 1. The van der Waals surface area contributed by atoms with Crippen molar-refractivity contribution in [2.24, 2.45) is 5.73 Å². The molecule has 0 saturated carbocycles. The number of nitrogens with zero attached hydrogens (tertiary/aromatic N) is 1. The van der Waals surface area contributed by atoms with Crippen molar-refractivity contribution in [3.05, 3.63) is 23.8 Å². The number of hydrogen-bond acceptors (Lipinski definition) is 3. The van der Waals surface area contributed by atoms with Crippen LogP contribution < -0.4 is 16.4 Å². The molecule has 0 spiro atoms. The molecule has 0 atom stereocenters. The maximum absolute atomic E-state index is 11.5. The van der Waals surface area contributed by atoms with Crippen LogP contribution >= 0.6 is 0 Å². The SMILES string of the molecule is NC(=O)N1C(=O)CCc2cc(N)ccc21. The molecule has 0 unspecified atom stereocenters. The molecule has 1 aromatic carbocycles. The van der Waals surface area contributed by atoms with Gasteiger partial charge in [-0.15, -0.1) is 0 Å². The van der Waals surface area contributed by atoms with E-state index in [-0.39, 0.29) is 5.91 Å². The van der Waals surface area contributed by atoms with Gasteiger partial charge in [0.2, 0.25) is 5.91 Å². The third-order valence-corrected chi connectivity index (χ3v) is 2.42. The fourth-order valence-electron chi connectivity index (χ4n) is 1.75. The predicted octanol–water partition coefficient (Wildman–Crippen LogP) is 0.627. The van der Waals surface area contributed by atoms with Gasteiger partial charge in [-0.1, -0.05) is 0 Å². The van der Waals surface area contributed by atoms with Crippen LogP contribution in [0.25, 0.3) is 0 Å². The molecule has 3 amide bonds. The van der Waals surface area contributed by atoms with Gasteiger partial charge in [0, 0.05) is 12.1 Å². The Morgan fingerprint density at radius 3 is 2.73 bits per heavy atom. The summed E-state index contributed by atoms with van der Waals surface area (Å²) in [6.45, 7) is 0. The number of benzene rings is 1. The van der Waals surface area contributed by atoms with Crippen molar-refractivity contribution in [2.75, 3.05) is 10.6 Å². The van der Waals surface area contributed by atoms with Crippen molar-refractivity contribution >= 4 is 23.3 Å². The number of hydrogen-bond donors (Lipinski definition) is 2. The summed E-state index contributed by atoms with van der Waals surface area (Å²) >= 11 is 0. The second-order valence-corrected chi connectivity index (χ2v) is 3.46. The standard InChI is InChI=1S/C10H11N3O2/c11-7-2-3-8-6(5-7)1-4-9(14)13(8)10(12)15/h2-3,5H,1,4,11H2,(H2,12,15). The number of anilines is 2. The zero-order valence-electron chi connectivity index (χ0n) is 8.06. The second kappa shape index (κ2) is 3.27. The van der Waals surface area contributed by atoms with Gasteiger partial charge in [0.25, 0.3) is 0 Å². The minimum atomic E-state index is -0.745. The lowest BCUT2D eigenvalue weighted by molar-refractivity contribution is -0.118. The fourth-order valence-corrected chi connectivity index (χ4v) is 1.75. The van der Waals surface area contributed by atoms with E-state index in [1.807, 2.05) is 0 Å². The maximum Gasteiger partial charge on any atom is 0.326 e. The number of nitrogens with two attached hydrogens (primary N) is 2. The molecule has 0 radical (unpaired) electrons. The first-order valence-corrected chi connectivity index (χ1v) is 4.60. The number of aryl methyl sites for hydroxylation is 1. The minimum Gasteiger partial charge on any atom is -0.399 e. The molecule has 0 aliphatic carbocycles. The lowest BCUT2D eigenvalue weighted by Crippen LogP contribution is -2.43. The maximum atomic E-state index is 11.5. The molecule has 0 fully saturated rings. The number of imide groups is 1. The summed E-state index contributed by atoms with van der Waals surface area (Å²) in [6, 6.07) is 4.31. The summed E-state index contributed by atoms with van der Waals surface area (Å²) in [6.07, 6.45) is 0.891. The van der Waals surface area contributed by atoms with Crippen LogP contribution in [0.15, 0.2) is 18.2 Å². The second-order valence-electron chi connectivity index (χ2n) is 3.46. The highest BCUT2D eigenvalue weighted by atomic mass is 16.2. The molecule has 0 bridgehead atoms. The number of carbonyl (C=O) groups is 2. The van der Waals surface area contributed by atoms with Crippen LogP contribution in [0.5, 0.6) is 0 Å². The third-order valence-electron chi connectivity index (χ3n) is 2.42. The molecule has 15 heavy (non-hydrogen) atoms. The summed E-state index contributed by atoms with van der Waals surface area (Å²) in [5, 5.41) is 0. The number of amides is 3. The van der Waals surface area contributed by atoms with Gasteiger partial charge in [-0.25, -0.2) is 9.69 Å². The van der Waals surface area contributed by atoms with Gasteiger partial charge in [-0.2, -0.15) is 0 Å². The van der Waals surface area contributed by atoms with Crippen molar-refractivity contribution in [3.8, 4) is 0 Å². The zero-order chi connectivity index (χ0) is 11.0. The highest BCUT2D eigenvalue weighted by molar-refractivity contribution is 6.15. The van der Waals surface area contributed by atoms with Gasteiger partial charge in [0.05, 0.1) is 5.69 Å².